The number of nitrogens with zero attached hydrogens (tertiary/aromatic N) is 2. The fraction of sp³-hybridized carbons (Fsp3) is 0.174. The number of amides is 1. The third-order valence-electron chi connectivity index (χ3n) is 5.03. The van der Waals surface area contributed by atoms with Crippen LogP contribution < -0.4 is 5.32 Å². The molecule has 1 N–H and O–H groups in total. The number of nitro benzene ring substituents is 1. The summed E-state index contributed by atoms with van der Waals surface area (Å²) in [6, 6.07) is 17.8. The van der Waals surface area contributed by atoms with E-state index in [2.05, 4.69) is 21.2 Å². The van der Waals surface area contributed by atoms with Gasteiger partial charge in [-0.3, -0.25) is 14.9 Å². The van der Waals surface area contributed by atoms with Crippen molar-refractivity contribution in [1.82, 2.24) is 4.31 Å². The lowest BCUT2D eigenvalue weighted by molar-refractivity contribution is -0.385. The van der Waals surface area contributed by atoms with Crippen LogP contribution in [-0.4, -0.2) is 30.1 Å². The second-order valence-corrected chi connectivity index (χ2v) is 10.3. The number of aryl methyl sites for hydroxylation is 1. The SMILES string of the molecule is Cc1ccc(S(=O)(=O)N(CC(=O)Nc2cccc([N+](=O)[O-])c2C)Cc2ccc(Br)cc2)cc1. The molecule has 3 rings (SSSR count). The molecule has 3 aromatic carbocycles. The van der Waals surface area contributed by atoms with E-state index in [0.29, 0.717) is 5.56 Å². The zero-order valence-electron chi connectivity index (χ0n) is 18.0. The highest BCUT2D eigenvalue weighted by Gasteiger charge is 2.27. The fourth-order valence-corrected chi connectivity index (χ4v) is 4.83. The van der Waals surface area contributed by atoms with Crippen molar-refractivity contribution >= 4 is 43.2 Å². The van der Waals surface area contributed by atoms with Gasteiger partial charge in [0.05, 0.1) is 27.6 Å². The van der Waals surface area contributed by atoms with E-state index in [4.69, 9.17) is 0 Å². The number of hydrogen-bond acceptors (Lipinski definition) is 5. The Kier molecular flexibility index (Phi) is 7.62. The van der Waals surface area contributed by atoms with Crippen LogP contribution in [0.3, 0.4) is 0 Å². The minimum absolute atomic E-state index is 0.0230. The van der Waals surface area contributed by atoms with Crippen LogP contribution in [0.5, 0.6) is 0 Å². The van der Waals surface area contributed by atoms with Gasteiger partial charge in [-0.25, -0.2) is 8.42 Å². The summed E-state index contributed by atoms with van der Waals surface area (Å²) in [5, 5.41) is 13.8. The van der Waals surface area contributed by atoms with Crippen LogP contribution in [0.1, 0.15) is 16.7 Å². The molecule has 10 heteroatoms. The van der Waals surface area contributed by atoms with Gasteiger partial charge in [-0.1, -0.05) is 51.8 Å². The van der Waals surface area contributed by atoms with Gasteiger partial charge in [0.2, 0.25) is 15.9 Å². The largest absolute Gasteiger partial charge is 0.324 e. The number of rotatable bonds is 8. The van der Waals surface area contributed by atoms with Crippen molar-refractivity contribution in [3.05, 3.63) is 98.0 Å². The summed E-state index contributed by atoms with van der Waals surface area (Å²) in [7, 11) is -3.99. The molecule has 0 aliphatic rings. The molecule has 0 heterocycles. The lowest BCUT2D eigenvalue weighted by Gasteiger charge is -2.22. The van der Waals surface area contributed by atoms with E-state index in [9.17, 15) is 23.3 Å². The summed E-state index contributed by atoms with van der Waals surface area (Å²) < 4.78 is 28.7. The third-order valence-corrected chi connectivity index (χ3v) is 7.36. The second-order valence-electron chi connectivity index (χ2n) is 7.47. The summed E-state index contributed by atoms with van der Waals surface area (Å²) >= 11 is 3.35. The zero-order valence-corrected chi connectivity index (χ0v) is 20.4. The Morgan fingerprint density at radius 1 is 1.03 bits per heavy atom. The van der Waals surface area contributed by atoms with E-state index < -0.39 is 27.4 Å². The zero-order chi connectivity index (χ0) is 24.2. The Morgan fingerprint density at radius 3 is 2.27 bits per heavy atom. The summed E-state index contributed by atoms with van der Waals surface area (Å²) in [5.41, 5.74) is 2.02. The number of halogens is 1. The Balaban J connectivity index is 1.90. The van der Waals surface area contributed by atoms with Gasteiger partial charge in [0, 0.05) is 17.1 Å². The van der Waals surface area contributed by atoms with E-state index in [-0.39, 0.29) is 28.4 Å². The number of sulfonamides is 1. The molecular formula is C23H22BrN3O5S. The standard InChI is InChI=1S/C23H22BrN3O5S/c1-16-6-12-20(13-7-16)33(31,32)26(14-18-8-10-19(24)11-9-18)15-23(28)25-21-4-3-5-22(17(21)2)27(29)30/h3-13H,14-15H2,1-2H3,(H,25,28). The first-order chi connectivity index (χ1) is 15.6. The Hall–Kier alpha value is -3.08. The number of nitro groups is 1. The molecule has 8 nitrogen and oxygen atoms in total. The minimum atomic E-state index is -3.99. The number of benzene rings is 3. The molecule has 0 aliphatic heterocycles. The Labute approximate surface area is 200 Å². The van der Waals surface area contributed by atoms with E-state index in [1.54, 1.807) is 36.4 Å². The number of carbonyl (C=O) groups excluding carboxylic acids is 1. The summed E-state index contributed by atoms with van der Waals surface area (Å²) in [4.78, 5) is 23.6. The Morgan fingerprint density at radius 2 is 1.67 bits per heavy atom. The van der Waals surface area contributed by atoms with Gasteiger partial charge in [-0.05, 0) is 49.7 Å². The van der Waals surface area contributed by atoms with Crippen LogP contribution in [0.25, 0.3) is 0 Å². The maximum Gasteiger partial charge on any atom is 0.274 e. The smallest absolute Gasteiger partial charge is 0.274 e. The van der Waals surface area contributed by atoms with E-state index in [0.717, 1.165) is 14.3 Å². The van der Waals surface area contributed by atoms with Gasteiger partial charge in [0.1, 0.15) is 0 Å². The lowest BCUT2D eigenvalue weighted by Crippen LogP contribution is -2.37. The maximum atomic E-state index is 13.4. The predicted molar refractivity (Wildman–Crippen MR) is 129 cm³/mol. The molecular weight excluding hydrogens is 510 g/mol. The molecule has 0 aliphatic carbocycles. The van der Waals surface area contributed by atoms with Crippen molar-refractivity contribution in [3.63, 3.8) is 0 Å². The average molecular weight is 532 g/mol. The maximum absolute atomic E-state index is 13.4. The molecule has 0 unspecified atom stereocenters. The topological polar surface area (TPSA) is 110 Å². The molecule has 0 radical (unpaired) electrons. The fourth-order valence-electron chi connectivity index (χ4n) is 3.19. The van der Waals surface area contributed by atoms with Crippen molar-refractivity contribution in [3.8, 4) is 0 Å². The van der Waals surface area contributed by atoms with E-state index in [1.165, 1.54) is 37.3 Å². The van der Waals surface area contributed by atoms with Gasteiger partial charge in [-0.15, -0.1) is 0 Å². The minimum Gasteiger partial charge on any atom is -0.324 e. The molecule has 3 aromatic rings. The molecule has 172 valence electrons. The highest BCUT2D eigenvalue weighted by atomic mass is 79.9. The first-order valence-electron chi connectivity index (χ1n) is 9.93. The molecule has 0 saturated carbocycles. The first kappa shape index (κ1) is 24.6. The van der Waals surface area contributed by atoms with Crippen molar-refractivity contribution in [2.75, 3.05) is 11.9 Å². The van der Waals surface area contributed by atoms with Crippen LogP contribution in [-0.2, 0) is 21.4 Å². The summed E-state index contributed by atoms with van der Waals surface area (Å²) in [6.07, 6.45) is 0. The quantitative estimate of drug-likeness (QED) is 0.331. The second kappa shape index (κ2) is 10.2. The molecule has 0 saturated heterocycles. The van der Waals surface area contributed by atoms with Gasteiger partial charge < -0.3 is 5.32 Å². The lowest BCUT2D eigenvalue weighted by atomic mass is 10.1. The molecule has 0 aromatic heterocycles. The highest BCUT2D eigenvalue weighted by molar-refractivity contribution is 9.10. The number of carbonyl (C=O) groups is 1. The molecule has 1 amide bonds. The van der Waals surface area contributed by atoms with E-state index in [1.807, 2.05) is 6.92 Å². The van der Waals surface area contributed by atoms with Crippen molar-refractivity contribution in [2.24, 2.45) is 0 Å². The molecule has 0 spiro atoms. The van der Waals surface area contributed by atoms with Crippen LogP contribution in [0.4, 0.5) is 11.4 Å². The summed E-state index contributed by atoms with van der Waals surface area (Å²) in [5.74, 6) is -0.605. The van der Waals surface area contributed by atoms with Crippen molar-refractivity contribution in [2.45, 2.75) is 25.3 Å². The van der Waals surface area contributed by atoms with Crippen molar-refractivity contribution in [1.29, 1.82) is 0 Å². The van der Waals surface area contributed by atoms with Crippen LogP contribution >= 0.6 is 15.9 Å². The first-order valence-corrected chi connectivity index (χ1v) is 12.2. The number of nitrogens with one attached hydrogen (secondary N) is 1. The summed E-state index contributed by atoms with van der Waals surface area (Å²) in [6.45, 7) is 2.89. The Bertz CT molecular complexity index is 1280. The van der Waals surface area contributed by atoms with Crippen LogP contribution in [0, 0.1) is 24.0 Å². The van der Waals surface area contributed by atoms with Gasteiger partial charge >= 0.3 is 0 Å². The van der Waals surface area contributed by atoms with Crippen LogP contribution in [0.15, 0.2) is 76.1 Å². The van der Waals surface area contributed by atoms with Crippen molar-refractivity contribution < 1.29 is 18.1 Å². The predicted octanol–water partition coefficient (Wildman–Crippen LogP) is 4.80. The molecule has 0 atom stereocenters. The van der Waals surface area contributed by atoms with Gasteiger partial charge in [0.15, 0.2) is 0 Å². The normalized spacial score (nSPS) is 11.4. The monoisotopic (exact) mass is 531 g/mol. The molecule has 33 heavy (non-hydrogen) atoms. The van der Waals surface area contributed by atoms with Crippen LogP contribution in [0.2, 0.25) is 0 Å². The highest BCUT2D eigenvalue weighted by Crippen LogP contribution is 2.25. The van der Waals surface area contributed by atoms with Gasteiger partial charge in [0.25, 0.3) is 5.69 Å². The average Bonchev–Trinajstić information content (AvgIpc) is 2.76. The molecule has 0 fully saturated rings. The number of anilines is 1. The molecule has 0 bridgehead atoms. The van der Waals surface area contributed by atoms with E-state index >= 15 is 0 Å². The third kappa shape index (κ3) is 6.04. The van der Waals surface area contributed by atoms with Gasteiger partial charge in [-0.2, -0.15) is 4.31 Å². The number of hydrogen-bond donors (Lipinski definition) is 1.